The van der Waals surface area contributed by atoms with Gasteiger partial charge in [-0.15, -0.1) is 11.3 Å². The number of rotatable bonds is 4. The Kier molecular flexibility index (Phi) is 4.92. The molecule has 7 heteroatoms. The molecule has 0 aliphatic carbocycles. The third-order valence-corrected chi connectivity index (χ3v) is 7.19. The number of hydrogen-bond donors (Lipinski definition) is 1. The monoisotopic (exact) mass is 436 g/mol. The summed E-state index contributed by atoms with van der Waals surface area (Å²) in [5, 5.41) is 5.49. The normalized spacial score (nSPS) is 15.5. The molecule has 4 aromatic rings. The highest BCUT2D eigenvalue weighted by molar-refractivity contribution is 7.98. The number of thioether (sulfide) groups is 1. The van der Waals surface area contributed by atoms with Crippen LogP contribution in [-0.2, 0) is 24.3 Å². The Labute approximate surface area is 184 Å². The van der Waals surface area contributed by atoms with Crippen LogP contribution in [0.3, 0.4) is 0 Å². The zero-order valence-electron chi connectivity index (χ0n) is 17.6. The number of hydrogen-bond acceptors (Lipinski definition) is 7. The summed E-state index contributed by atoms with van der Waals surface area (Å²) in [6.45, 7) is 7.72. The van der Waals surface area contributed by atoms with Gasteiger partial charge in [0.25, 0.3) is 0 Å². The summed E-state index contributed by atoms with van der Waals surface area (Å²) >= 11 is 3.25. The number of pyridine rings is 1. The van der Waals surface area contributed by atoms with Crippen LogP contribution >= 0.6 is 23.1 Å². The quantitative estimate of drug-likeness (QED) is 0.325. The average Bonchev–Trinajstić information content (AvgIpc) is 3.10. The number of aryl methyl sites for hydroxylation is 1. The molecule has 3 aromatic heterocycles. The van der Waals surface area contributed by atoms with Crippen molar-refractivity contribution >= 4 is 49.3 Å². The SMILES string of the molecule is CSc1nc(NCc2ccccc2)c2sc3nc(C)c4c(c3c2n1)CC(C)(C)OC4. The second kappa shape index (κ2) is 7.48. The molecular formula is C23H24N4OS2. The fourth-order valence-electron chi connectivity index (χ4n) is 4.01. The van der Waals surface area contributed by atoms with Crippen LogP contribution in [0, 0.1) is 6.92 Å². The van der Waals surface area contributed by atoms with Crippen LogP contribution in [0.1, 0.15) is 36.2 Å². The highest BCUT2D eigenvalue weighted by Crippen LogP contribution is 2.42. The number of thiophene rings is 1. The summed E-state index contributed by atoms with van der Waals surface area (Å²) in [6, 6.07) is 10.4. The minimum absolute atomic E-state index is 0.189. The second-order valence-corrected chi connectivity index (χ2v) is 10.0. The predicted octanol–water partition coefficient (Wildman–Crippen LogP) is 5.73. The number of aromatic nitrogens is 3. The Morgan fingerprint density at radius 2 is 1.93 bits per heavy atom. The number of ether oxygens (including phenoxy) is 1. The Balaban J connectivity index is 1.70. The van der Waals surface area contributed by atoms with Crippen LogP contribution in [0.25, 0.3) is 20.4 Å². The van der Waals surface area contributed by atoms with Gasteiger partial charge < -0.3 is 10.1 Å². The lowest BCUT2D eigenvalue weighted by molar-refractivity contribution is -0.0400. The third kappa shape index (κ3) is 3.45. The van der Waals surface area contributed by atoms with E-state index in [0.29, 0.717) is 6.61 Å². The molecule has 5 nitrogen and oxygen atoms in total. The third-order valence-electron chi connectivity index (χ3n) is 5.56. The van der Waals surface area contributed by atoms with Crippen molar-refractivity contribution in [1.82, 2.24) is 15.0 Å². The lowest BCUT2D eigenvalue weighted by atomic mass is 9.89. The number of nitrogens with zero attached hydrogens (tertiary/aromatic N) is 3. The lowest BCUT2D eigenvalue weighted by Gasteiger charge is -2.32. The van der Waals surface area contributed by atoms with Gasteiger partial charge in [-0.3, -0.25) is 0 Å². The molecule has 30 heavy (non-hydrogen) atoms. The molecule has 0 fully saturated rings. The molecule has 0 unspecified atom stereocenters. The second-order valence-electron chi connectivity index (χ2n) is 8.24. The first-order valence-corrected chi connectivity index (χ1v) is 12.1. The van der Waals surface area contributed by atoms with Gasteiger partial charge in [0.1, 0.15) is 10.6 Å². The summed E-state index contributed by atoms with van der Waals surface area (Å²) in [5.74, 6) is 0.883. The predicted molar refractivity (Wildman–Crippen MR) is 126 cm³/mol. The molecule has 154 valence electrons. The number of fused-ring (bicyclic) bond motifs is 5. The van der Waals surface area contributed by atoms with E-state index in [1.807, 2.05) is 12.3 Å². The van der Waals surface area contributed by atoms with Gasteiger partial charge in [-0.25, -0.2) is 15.0 Å². The van der Waals surface area contributed by atoms with Crippen molar-refractivity contribution < 1.29 is 4.74 Å². The van der Waals surface area contributed by atoms with E-state index in [1.165, 1.54) is 22.1 Å². The maximum atomic E-state index is 6.08. The molecule has 1 aromatic carbocycles. The Morgan fingerprint density at radius 3 is 2.70 bits per heavy atom. The molecule has 1 aliphatic heterocycles. The van der Waals surface area contributed by atoms with E-state index in [9.17, 15) is 0 Å². The molecule has 1 N–H and O–H groups in total. The summed E-state index contributed by atoms with van der Waals surface area (Å²) in [5.41, 5.74) is 5.64. The number of benzene rings is 1. The van der Waals surface area contributed by atoms with Crippen molar-refractivity contribution in [3.8, 4) is 0 Å². The zero-order chi connectivity index (χ0) is 20.9. The van der Waals surface area contributed by atoms with Gasteiger partial charge in [-0.05, 0) is 38.2 Å². The Hall–Kier alpha value is -2.22. The van der Waals surface area contributed by atoms with Crippen LogP contribution in [0.15, 0.2) is 35.5 Å². The van der Waals surface area contributed by atoms with E-state index in [-0.39, 0.29) is 5.60 Å². The van der Waals surface area contributed by atoms with Crippen molar-refractivity contribution in [2.45, 2.75) is 51.1 Å². The molecule has 1 aliphatic rings. The molecule has 0 bridgehead atoms. The molecule has 0 radical (unpaired) electrons. The number of anilines is 1. The van der Waals surface area contributed by atoms with Gasteiger partial charge in [0.05, 0.1) is 22.4 Å². The zero-order valence-corrected chi connectivity index (χ0v) is 19.2. The average molecular weight is 437 g/mol. The van der Waals surface area contributed by atoms with Crippen molar-refractivity contribution in [2.75, 3.05) is 11.6 Å². The summed E-state index contributed by atoms with van der Waals surface area (Å²) in [4.78, 5) is 15.7. The van der Waals surface area contributed by atoms with Crippen molar-refractivity contribution in [3.05, 3.63) is 52.7 Å². The van der Waals surface area contributed by atoms with Crippen molar-refractivity contribution in [1.29, 1.82) is 0 Å². The Morgan fingerprint density at radius 1 is 1.13 bits per heavy atom. The summed E-state index contributed by atoms with van der Waals surface area (Å²) in [7, 11) is 0. The fourth-order valence-corrected chi connectivity index (χ4v) is 5.53. The largest absolute Gasteiger partial charge is 0.370 e. The fraction of sp³-hybridized carbons (Fsp3) is 0.348. The Bertz CT molecular complexity index is 1250. The molecular weight excluding hydrogens is 412 g/mol. The topological polar surface area (TPSA) is 59.9 Å². The van der Waals surface area contributed by atoms with Gasteiger partial charge in [-0.1, -0.05) is 42.1 Å². The highest BCUT2D eigenvalue weighted by atomic mass is 32.2. The van der Waals surface area contributed by atoms with Gasteiger partial charge >= 0.3 is 0 Å². The maximum absolute atomic E-state index is 6.08. The summed E-state index contributed by atoms with van der Waals surface area (Å²) in [6.07, 6.45) is 2.88. The molecule has 0 atom stereocenters. The van der Waals surface area contributed by atoms with Gasteiger partial charge in [0.2, 0.25) is 0 Å². The minimum atomic E-state index is -0.189. The standard InChI is InChI=1S/C23H24N4OS2/c1-13-16-12-28-23(2,3)10-15(16)17-18-19(30-21(17)25-13)20(27-22(26-18)29-4)24-11-14-8-6-5-7-9-14/h5-9H,10-12H2,1-4H3,(H,24,26,27). The first-order valence-electron chi connectivity index (χ1n) is 10.0. The van der Waals surface area contributed by atoms with Gasteiger partial charge in [-0.2, -0.15) is 0 Å². The van der Waals surface area contributed by atoms with Crippen molar-refractivity contribution in [3.63, 3.8) is 0 Å². The van der Waals surface area contributed by atoms with Crippen LogP contribution < -0.4 is 5.32 Å². The molecule has 0 spiro atoms. The van der Waals surface area contributed by atoms with E-state index < -0.39 is 0 Å². The van der Waals surface area contributed by atoms with E-state index in [1.54, 1.807) is 23.1 Å². The number of nitrogens with one attached hydrogen (secondary N) is 1. The van der Waals surface area contributed by atoms with Gasteiger partial charge in [0.15, 0.2) is 5.16 Å². The smallest absolute Gasteiger partial charge is 0.189 e. The van der Waals surface area contributed by atoms with E-state index >= 15 is 0 Å². The molecule has 0 saturated heterocycles. The molecule has 4 heterocycles. The van der Waals surface area contributed by atoms with Gasteiger partial charge in [0, 0.05) is 29.6 Å². The van der Waals surface area contributed by atoms with Crippen LogP contribution in [0.4, 0.5) is 5.82 Å². The van der Waals surface area contributed by atoms with E-state index in [0.717, 1.165) is 44.7 Å². The minimum Gasteiger partial charge on any atom is -0.370 e. The lowest BCUT2D eigenvalue weighted by Crippen LogP contribution is -2.32. The molecule has 0 amide bonds. The maximum Gasteiger partial charge on any atom is 0.189 e. The molecule has 0 saturated carbocycles. The van der Waals surface area contributed by atoms with E-state index in [2.05, 4.69) is 50.4 Å². The summed E-state index contributed by atoms with van der Waals surface area (Å²) < 4.78 is 7.15. The van der Waals surface area contributed by atoms with Crippen LogP contribution in [0.5, 0.6) is 0 Å². The molecule has 5 rings (SSSR count). The van der Waals surface area contributed by atoms with Crippen LogP contribution in [0.2, 0.25) is 0 Å². The first kappa shape index (κ1) is 19.7. The van der Waals surface area contributed by atoms with E-state index in [4.69, 9.17) is 19.7 Å². The highest BCUT2D eigenvalue weighted by Gasteiger charge is 2.31. The van der Waals surface area contributed by atoms with Crippen molar-refractivity contribution in [2.24, 2.45) is 0 Å². The first-order chi connectivity index (χ1) is 14.4. The van der Waals surface area contributed by atoms with Crippen LogP contribution in [-0.4, -0.2) is 26.8 Å².